The van der Waals surface area contributed by atoms with Gasteiger partial charge in [-0.05, 0) is 27.0 Å². The summed E-state index contributed by atoms with van der Waals surface area (Å²) in [5.74, 6) is 0.621. The number of nitrogens with one attached hydrogen (secondary N) is 2. The zero-order valence-electron chi connectivity index (χ0n) is 13.5. The first kappa shape index (κ1) is 18.8. The van der Waals surface area contributed by atoms with Crippen LogP contribution in [0, 0.1) is 0 Å². The quantitative estimate of drug-likeness (QED) is 0.423. The number of guanidine groups is 1. The maximum Gasteiger partial charge on any atom is 0.243 e. The van der Waals surface area contributed by atoms with Gasteiger partial charge in [0.15, 0.2) is 5.96 Å². The molecule has 5 nitrogen and oxygen atoms in total. The molecule has 6 heteroatoms. The van der Waals surface area contributed by atoms with Crippen LogP contribution in [0.25, 0.3) is 0 Å². The van der Waals surface area contributed by atoms with E-state index < -0.39 is 0 Å². The van der Waals surface area contributed by atoms with Crippen LogP contribution in [0.1, 0.15) is 20.8 Å². The van der Waals surface area contributed by atoms with Gasteiger partial charge in [0.25, 0.3) is 0 Å². The molecule has 0 saturated carbocycles. The van der Waals surface area contributed by atoms with E-state index in [1.807, 2.05) is 6.92 Å². The lowest BCUT2D eigenvalue weighted by Gasteiger charge is -2.24. The summed E-state index contributed by atoms with van der Waals surface area (Å²) in [6.45, 7) is 11.7. The van der Waals surface area contributed by atoms with Gasteiger partial charge in [0.1, 0.15) is 6.54 Å². The Morgan fingerprint density at radius 1 is 1.35 bits per heavy atom. The third kappa shape index (κ3) is 8.85. The molecule has 0 aliphatic rings. The molecule has 0 heterocycles. The molecule has 20 heavy (non-hydrogen) atoms. The van der Waals surface area contributed by atoms with E-state index in [-0.39, 0.29) is 17.2 Å². The third-order valence-corrected chi connectivity index (χ3v) is 3.91. The van der Waals surface area contributed by atoms with Crippen molar-refractivity contribution in [2.45, 2.75) is 25.5 Å². The van der Waals surface area contributed by atoms with E-state index in [1.54, 1.807) is 25.9 Å². The monoisotopic (exact) mass is 300 g/mol. The third-order valence-electron chi connectivity index (χ3n) is 2.66. The number of rotatable bonds is 7. The zero-order chi connectivity index (χ0) is 15.8. The molecule has 1 amide bonds. The van der Waals surface area contributed by atoms with E-state index >= 15 is 0 Å². The zero-order valence-corrected chi connectivity index (χ0v) is 14.4. The van der Waals surface area contributed by atoms with Gasteiger partial charge in [-0.25, -0.2) is 4.99 Å². The van der Waals surface area contributed by atoms with Crippen molar-refractivity contribution in [3.63, 3.8) is 0 Å². The van der Waals surface area contributed by atoms with Gasteiger partial charge >= 0.3 is 0 Å². The van der Waals surface area contributed by atoms with E-state index in [2.05, 4.69) is 42.3 Å². The van der Waals surface area contributed by atoms with Crippen LogP contribution in [-0.4, -0.2) is 61.5 Å². The Bertz CT molecular complexity index is 364. The van der Waals surface area contributed by atoms with Crippen LogP contribution in [0.3, 0.4) is 0 Å². The van der Waals surface area contributed by atoms with E-state index in [4.69, 9.17) is 0 Å². The first-order valence-electron chi connectivity index (χ1n) is 6.60. The number of likely N-dealkylation sites (N-methyl/N-ethyl adjacent to an activating group) is 1. The van der Waals surface area contributed by atoms with Crippen molar-refractivity contribution >= 4 is 23.6 Å². The summed E-state index contributed by atoms with van der Waals surface area (Å²) in [6, 6.07) is 0. The number of hydrogen-bond donors (Lipinski definition) is 2. The highest BCUT2D eigenvalue weighted by Gasteiger charge is 2.16. The van der Waals surface area contributed by atoms with Gasteiger partial charge in [-0.15, -0.1) is 0 Å². The number of hydrogen-bond acceptors (Lipinski definition) is 3. The lowest BCUT2D eigenvalue weighted by atomic mass is 10.2. The smallest absolute Gasteiger partial charge is 0.243 e. The molecule has 0 unspecified atom stereocenters. The molecule has 0 aromatic rings. The molecule has 2 N–H and O–H groups in total. The fourth-order valence-corrected chi connectivity index (χ4v) is 1.28. The molecule has 0 aromatic heterocycles. The van der Waals surface area contributed by atoms with Crippen molar-refractivity contribution in [3.8, 4) is 0 Å². The van der Waals surface area contributed by atoms with E-state index in [9.17, 15) is 4.79 Å². The highest BCUT2D eigenvalue weighted by atomic mass is 32.2. The van der Waals surface area contributed by atoms with Crippen LogP contribution < -0.4 is 10.6 Å². The molecule has 0 rings (SSSR count). The average molecular weight is 300 g/mol. The van der Waals surface area contributed by atoms with Crippen LogP contribution in [0.5, 0.6) is 0 Å². The minimum Gasteiger partial charge on any atom is -0.355 e. The number of carbonyl (C=O) groups is 1. The number of nitrogens with zero attached hydrogens (tertiary/aromatic N) is 2. The van der Waals surface area contributed by atoms with Crippen LogP contribution in [-0.2, 0) is 4.79 Å². The Hall–Kier alpha value is -1.17. The fourth-order valence-electron chi connectivity index (χ4n) is 1.07. The lowest BCUT2D eigenvalue weighted by molar-refractivity contribution is -0.127. The molecule has 0 bridgehead atoms. The first-order chi connectivity index (χ1) is 9.18. The molecule has 0 spiro atoms. The van der Waals surface area contributed by atoms with E-state index in [0.717, 1.165) is 12.1 Å². The molecule has 0 saturated heterocycles. The van der Waals surface area contributed by atoms with Crippen molar-refractivity contribution in [3.05, 3.63) is 12.2 Å². The van der Waals surface area contributed by atoms with Crippen LogP contribution in [0.4, 0.5) is 0 Å². The summed E-state index contributed by atoms with van der Waals surface area (Å²) in [5, 5.41) is 6.44. The van der Waals surface area contributed by atoms with Gasteiger partial charge in [-0.2, -0.15) is 11.8 Å². The second-order valence-electron chi connectivity index (χ2n) is 5.58. The second kappa shape index (κ2) is 8.89. The molecule has 0 atom stereocenters. The second-order valence-corrected chi connectivity index (χ2v) is 7.09. The van der Waals surface area contributed by atoms with Gasteiger partial charge < -0.3 is 15.5 Å². The standard InChI is InChI=1S/C14H28N4OS/c1-11(2)8-15-13(16-9-12(19)18(5)6)17-10-14(3,4)20-7/h1,8-10H2,2-7H3,(H2,15,16,17). The molecular weight excluding hydrogens is 272 g/mol. The van der Waals surface area contributed by atoms with Crippen LogP contribution in [0.15, 0.2) is 17.1 Å². The number of amides is 1. The van der Waals surface area contributed by atoms with Crippen molar-refractivity contribution in [1.29, 1.82) is 0 Å². The maximum atomic E-state index is 11.6. The average Bonchev–Trinajstić information content (AvgIpc) is 2.37. The number of aliphatic imine (C=N–C) groups is 1. The molecule has 0 aromatic carbocycles. The van der Waals surface area contributed by atoms with E-state index in [0.29, 0.717) is 12.5 Å². The summed E-state index contributed by atoms with van der Waals surface area (Å²) in [4.78, 5) is 17.4. The molecule has 0 aliphatic carbocycles. The van der Waals surface area contributed by atoms with Crippen molar-refractivity contribution in [1.82, 2.24) is 15.5 Å². The minimum atomic E-state index is -0.0226. The summed E-state index contributed by atoms with van der Waals surface area (Å²) < 4.78 is 0.108. The SMILES string of the molecule is C=C(C)CNC(=NCC(=O)N(C)C)NCC(C)(C)SC. The van der Waals surface area contributed by atoms with Gasteiger partial charge in [0.05, 0.1) is 0 Å². The molecule has 0 radical (unpaired) electrons. The van der Waals surface area contributed by atoms with Gasteiger partial charge in [0, 0.05) is 31.9 Å². The largest absolute Gasteiger partial charge is 0.355 e. The molecular formula is C14H28N4OS. The minimum absolute atomic E-state index is 0.0226. The van der Waals surface area contributed by atoms with Crippen molar-refractivity contribution in [2.75, 3.05) is 40.0 Å². The predicted octanol–water partition coefficient (Wildman–Crippen LogP) is 1.33. The summed E-state index contributed by atoms with van der Waals surface area (Å²) in [5.41, 5.74) is 1.02. The Labute approximate surface area is 127 Å². The Morgan fingerprint density at radius 2 is 1.95 bits per heavy atom. The molecule has 0 aliphatic heterocycles. The van der Waals surface area contributed by atoms with Gasteiger partial charge in [-0.3, -0.25) is 4.79 Å². The first-order valence-corrected chi connectivity index (χ1v) is 7.82. The number of thioether (sulfide) groups is 1. The Kier molecular flexibility index (Phi) is 8.37. The summed E-state index contributed by atoms with van der Waals surface area (Å²) in [7, 11) is 3.45. The van der Waals surface area contributed by atoms with E-state index in [1.165, 1.54) is 4.90 Å². The van der Waals surface area contributed by atoms with Gasteiger partial charge in [0.2, 0.25) is 5.91 Å². The fraction of sp³-hybridized carbons (Fsp3) is 0.714. The molecule has 116 valence electrons. The topological polar surface area (TPSA) is 56.7 Å². The highest BCUT2D eigenvalue weighted by Crippen LogP contribution is 2.19. The van der Waals surface area contributed by atoms with Crippen molar-refractivity contribution < 1.29 is 4.79 Å². The maximum absolute atomic E-state index is 11.6. The summed E-state index contributed by atoms with van der Waals surface area (Å²) in [6.07, 6.45) is 2.08. The Balaban J connectivity index is 4.59. The lowest BCUT2D eigenvalue weighted by Crippen LogP contribution is -2.44. The normalized spacial score (nSPS) is 12.0. The van der Waals surface area contributed by atoms with Crippen LogP contribution >= 0.6 is 11.8 Å². The predicted molar refractivity (Wildman–Crippen MR) is 89.4 cm³/mol. The van der Waals surface area contributed by atoms with Crippen molar-refractivity contribution in [2.24, 2.45) is 4.99 Å². The summed E-state index contributed by atoms with van der Waals surface area (Å²) >= 11 is 1.78. The molecule has 0 fully saturated rings. The number of carbonyl (C=O) groups excluding carboxylic acids is 1. The highest BCUT2D eigenvalue weighted by molar-refractivity contribution is 7.99. The van der Waals surface area contributed by atoms with Crippen LogP contribution in [0.2, 0.25) is 0 Å². The van der Waals surface area contributed by atoms with Gasteiger partial charge in [-0.1, -0.05) is 12.2 Å². The Morgan fingerprint density at radius 3 is 2.40 bits per heavy atom.